The van der Waals surface area contributed by atoms with E-state index in [1.165, 1.54) is 6.92 Å². The van der Waals surface area contributed by atoms with Gasteiger partial charge in [0.25, 0.3) is 11.8 Å². The molecule has 1 atom stereocenters. The zero-order valence-electron chi connectivity index (χ0n) is 16.2. The van der Waals surface area contributed by atoms with E-state index < -0.39 is 30.4 Å². The molecule has 7 heteroatoms. The second-order valence-electron chi connectivity index (χ2n) is 6.37. The number of benzene rings is 2. The Labute approximate surface area is 164 Å². The summed E-state index contributed by atoms with van der Waals surface area (Å²) in [5.41, 5.74) is 2.58. The molecule has 2 amide bonds. The van der Waals surface area contributed by atoms with Crippen LogP contribution in [-0.2, 0) is 19.1 Å². The van der Waals surface area contributed by atoms with Crippen molar-refractivity contribution >= 4 is 23.5 Å². The van der Waals surface area contributed by atoms with Gasteiger partial charge in [-0.05, 0) is 50.1 Å². The second-order valence-corrected chi connectivity index (χ2v) is 6.37. The number of esters is 1. The van der Waals surface area contributed by atoms with Crippen LogP contribution in [0.5, 0.6) is 5.75 Å². The quantitative estimate of drug-likeness (QED) is 0.682. The van der Waals surface area contributed by atoms with Crippen LogP contribution in [0.25, 0.3) is 0 Å². The molecule has 0 aromatic heterocycles. The van der Waals surface area contributed by atoms with E-state index in [0.29, 0.717) is 11.4 Å². The van der Waals surface area contributed by atoms with Crippen LogP contribution in [0.3, 0.4) is 0 Å². The molecule has 0 aliphatic heterocycles. The molecule has 2 aromatic carbocycles. The Bertz CT molecular complexity index is 836. The summed E-state index contributed by atoms with van der Waals surface area (Å²) >= 11 is 0. The summed E-state index contributed by atoms with van der Waals surface area (Å²) in [6, 6.07) is 13.6. The lowest BCUT2D eigenvalue weighted by molar-refractivity contribution is -0.150. The van der Waals surface area contributed by atoms with E-state index >= 15 is 0 Å². The Morgan fingerprint density at radius 2 is 1.68 bits per heavy atom. The Kier molecular flexibility index (Phi) is 7.56. The molecular formula is C21H24N2O5. The maximum absolute atomic E-state index is 12.0. The highest BCUT2D eigenvalue weighted by Crippen LogP contribution is 2.16. The van der Waals surface area contributed by atoms with Crippen molar-refractivity contribution in [3.05, 3.63) is 59.7 Å². The molecule has 2 rings (SSSR count). The summed E-state index contributed by atoms with van der Waals surface area (Å²) in [4.78, 5) is 35.8. The number of carbonyl (C=O) groups is 3. The number of hydrogen-bond donors (Lipinski definition) is 2. The highest BCUT2D eigenvalue weighted by Gasteiger charge is 2.18. The van der Waals surface area contributed by atoms with Crippen molar-refractivity contribution in [3.63, 3.8) is 0 Å². The topological polar surface area (TPSA) is 93.7 Å². The van der Waals surface area contributed by atoms with Crippen molar-refractivity contribution in [1.29, 1.82) is 0 Å². The third-order valence-electron chi connectivity index (χ3n) is 3.86. The van der Waals surface area contributed by atoms with Gasteiger partial charge in [0, 0.05) is 5.69 Å². The average Bonchev–Trinajstić information content (AvgIpc) is 2.68. The molecule has 0 bridgehead atoms. The summed E-state index contributed by atoms with van der Waals surface area (Å²) < 4.78 is 10.3. The van der Waals surface area contributed by atoms with Crippen LogP contribution in [0.4, 0.5) is 5.69 Å². The van der Waals surface area contributed by atoms with Crippen molar-refractivity contribution in [1.82, 2.24) is 5.32 Å². The monoisotopic (exact) mass is 384 g/mol. The van der Waals surface area contributed by atoms with Crippen molar-refractivity contribution in [2.24, 2.45) is 0 Å². The van der Waals surface area contributed by atoms with Gasteiger partial charge in [-0.3, -0.25) is 9.59 Å². The standard InChI is InChI=1S/C21H24N2O5/c1-14-9-10-15(2)18(11-14)23-20(25)13-28-21(26)16(3)22-19(24)12-27-17-7-5-4-6-8-17/h4-11,16H,12-13H2,1-3H3,(H,22,24)(H,23,25)/t16-/m0/s1. The number of amides is 2. The molecule has 28 heavy (non-hydrogen) atoms. The van der Waals surface area contributed by atoms with Gasteiger partial charge in [-0.15, -0.1) is 0 Å². The number of ether oxygens (including phenoxy) is 2. The molecule has 0 radical (unpaired) electrons. The van der Waals surface area contributed by atoms with E-state index in [2.05, 4.69) is 10.6 Å². The molecule has 0 saturated carbocycles. The lowest BCUT2D eigenvalue weighted by atomic mass is 10.1. The molecule has 0 unspecified atom stereocenters. The summed E-state index contributed by atoms with van der Waals surface area (Å²) in [6.07, 6.45) is 0. The highest BCUT2D eigenvalue weighted by molar-refractivity contribution is 5.94. The fourth-order valence-electron chi connectivity index (χ4n) is 2.33. The number of anilines is 1. The minimum absolute atomic E-state index is 0.227. The summed E-state index contributed by atoms with van der Waals surface area (Å²) in [7, 11) is 0. The Hall–Kier alpha value is -3.35. The number of hydrogen-bond acceptors (Lipinski definition) is 5. The van der Waals surface area contributed by atoms with E-state index in [9.17, 15) is 14.4 Å². The predicted molar refractivity (Wildman–Crippen MR) is 105 cm³/mol. The highest BCUT2D eigenvalue weighted by atomic mass is 16.5. The second kappa shape index (κ2) is 10.1. The smallest absolute Gasteiger partial charge is 0.328 e. The van der Waals surface area contributed by atoms with Crippen LogP contribution in [0.2, 0.25) is 0 Å². The van der Waals surface area contributed by atoms with E-state index in [-0.39, 0.29) is 6.61 Å². The summed E-state index contributed by atoms with van der Waals surface area (Å²) in [5.74, 6) is -1.07. The zero-order chi connectivity index (χ0) is 20.5. The molecule has 0 heterocycles. The molecule has 0 fully saturated rings. The van der Waals surface area contributed by atoms with Crippen molar-refractivity contribution < 1.29 is 23.9 Å². The Morgan fingerprint density at radius 1 is 0.964 bits per heavy atom. The van der Waals surface area contributed by atoms with Crippen molar-refractivity contribution in [2.75, 3.05) is 18.5 Å². The zero-order valence-corrected chi connectivity index (χ0v) is 16.2. The van der Waals surface area contributed by atoms with Crippen LogP contribution in [0.15, 0.2) is 48.5 Å². The van der Waals surface area contributed by atoms with Gasteiger partial charge < -0.3 is 20.1 Å². The Morgan fingerprint density at radius 3 is 2.39 bits per heavy atom. The number of nitrogens with one attached hydrogen (secondary N) is 2. The van der Waals surface area contributed by atoms with E-state index in [1.807, 2.05) is 38.1 Å². The normalized spacial score (nSPS) is 11.2. The Balaban J connectivity index is 1.73. The van der Waals surface area contributed by atoms with Gasteiger partial charge >= 0.3 is 5.97 Å². The lowest BCUT2D eigenvalue weighted by Crippen LogP contribution is -2.42. The van der Waals surface area contributed by atoms with Gasteiger partial charge in [0.15, 0.2) is 13.2 Å². The first kappa shape index (κ1) is 21.0. The van der Waals surface area contributed by atoms with Crippen LogP contribution in [-0.4, -0.2) is 37.0 Å². The van der Waals surface area contributed by atoms with Gasteiger partial charge in [0.1, 0.15) is 11.8 Å². The SMILES string of the molecule is Cc1ccc(C)c(NC(=O)COC(=O)[C@H](C)NC(=O)COc2ccccc2)c1. The third-order valence-corrected chi connectivity index (χ3v) is 3.86. The maximum Gasteiger partial charge on any atom is 0.328 e. The van der Waals surface area contributed by atoms with Crippen LogP contribution in [0, 0.1) is 13.8 Å². The van der Waals surface area contributed by atoms with Crippen molar-refractivity contribution in [3.8, 4) is 5.75 Å². The average molecular weight is 384 g/mol. The summed E-state index contributed by atoms with van der Waals surface area (Å²) in [6.45, 7) is 4.60. The predicted octanol–water partition coefficient (Wildman–Crippen LogP) is 2.37. The lowest BCUT2D eigenvalue weighted by Gasteiger charge is -2.14. The largest absolute Gasteiger partial charge is 0.484 e. The first-order valence-electron chi connectivity index (χ1n) is 8.86. The van der Waals surface area contributed by atoms with Crippen LogP contribution < -0.4 is 15.4 Å². The molecule has 2 N–H and O–H groups in total. The first-order chi connectivity index (χ1) is 13.3. The molecular weight excluding hydrogens is 360 g/mol. The fourth-order valence-corrected chi connectivity index (χ4v) is 2.33. The minimum Gasteiger partial charge on any atom is -0.484 e. The van der Waals surface area contributed by atoms with E-state index in [0.717, 1.165) is 11.1 Å². The molecule has 0 aliphatic rings. The number of para-hydroxylation sites is 1. The third kappa shape index (κ3) is 6.75. The van der Waals surface area contributed by atoms with Crippen LogP contribution in [0.1, 0.15) is 18.1 Å². The number of rotatable bonds is 8. The van der Waals surface area contributed by atoms with Gasteiger partial charge in [0.05, 0.1) is 0 Å². The van der Waals surface area contributed by atoms with Crippen LogP contribution >= 0.6 is 0 Å². The first-order valence-corrected chi connectivity index (χ1v) is 8.86. The van der Waals surface area contributed by atoms with Gasteiger partial charge in [-0.2, -0.15) is 0 Å². The number of carbonyl (C=O) groups excluding carboxylic acids is 3. The molecule has 148 valence electrons. The number of aryl methyl sites for hydroxylation is 2. The summed E-state index contributed by atoms with van der Waals surface area (Å²) in [5, 5.41) is 5.17. The molecule has 0 saturated heterocycles. The molecule has 2 aromatic rings. The van der Waals surface area contributed by atoms with E-state index in [1.54, 1.807) is 24.3 Å². The van der Waals surface area contributed by atoms with Gasteiger partial charge in [0.2, 0.25) is 0 Å². The van der Waals surface area contributed by atoms with E-state index in [4.69, 9.17) is 9.47 Å². The fraction of sp³-hybridized carbons (Fsp3) is 0.286. The van der Waals surface area contributed by atoms with Crippen molar-refractivity contribution in [2.45, 2.75) is 26.8 Å². The molecule has 0 spiro atoms. The minimum atomic E-state index is -0.902. The van der Waals surface area contributed by atoms with Gasteiger partial charge in [-0.25, -0.2) is 4.79 Å². The molecule has 7 nitrogen and oxygen atoms in total. The van der Waals surface area contributed by atoms with Gasteiger partial charge in [-0.1, -0.05) is 30.3 Å². The molecule has 0 aliphatic carbocycles. The maximum atomic E-state index is 12.0.